The van der Waals surface area contributed by atoms with Crippen molar-refractivity contribution in [3.8, 4) is 6.07 Å². The molecule has 1 unspecified atom stereocenters. The molecule has 0 fully saturated rings. The SMILES string of the molecule is CCCc1nc(NCC)c(C)c(N(C)CC(C)C#N)n1. The first-order valence-electron chi connectivity index (χ1n) is 7.25. The molecule has 5 nitrogen and oxygen atoms in total. The summed E-state index contributed by atoms with van der Waals surface area (Å²) in [4.78, 5) is 11.3. The van der Waals surface area contributed by atoms with Crippen molar-refractivity contribution in [2.24, 2.45) is 5.92 Å². The second-order valence-corrected chi connectivity index (χ2v) is 5.13. The Morgan fingerprint density at radius 1 is 1.35 bits per heavy atom. The maximum absolute atomic E-state index is 8.96. The Morgan fingerprint density at radius 3 is 2.60 bits per heavy atom. The molecule has 0 aliphatic carbocycles. The smallest absolute Gasteiger partial charge is 0.137 e. The summed E-state index contributed by atoms with van der Waals surface area (Å²) < 4.78 is 0. The van der Waals surface area contributed by atoms with E-state index in [2.05, 4.69) is 35.2 Å². The minimum atomic E-state index is -0.0217. The van der Waals surface area contributed by atoms with Crippen molar-refractivity contribution in [3.05, 3.63) is 11.4 Å². The van der Waals surface area contributed by atoms with E-state index in [0.717, 1.165) is 42.4 Å². The van der Waals surface area contributed by atoms with Crippen molar-refractivity contribution in [2.45, 2.75) is 40.5 Å². The van der Waals surface area contributed by atoms with Crippen LogP contribution in [0.4, 0.5) is 11.6 Å². The van der Waals surface area contributed by atoms with E-state index in [1.54, 1.807) is 0 Å². The average molecular weight is 275 g/mol. The Kier molecular flexibility index (Phi) is 6.23. The van der Waals surface area contributed by atoms with E-state index in [4.69, 9.17) is 5.26 Å². The largest absolute Gasteiger partial charge is 0.370 e. The van der Waals surface area contributed by atoms with E-state index in [0.29, 0.717) is 6.54 Å². The van der Waals surface area contributed by atoms with Crippen molar-refractivity contribution in [2.75, 3.05) is 30.4 Å². The van der Waals surface area contributed by atoms with E-state index < -0.39 is 0 Å². The number of nitriles is 1. The molecule has 1 aromatic heterocycles. The van der Waals surface area contributed by atoms with Gasteiger partial charge in [0.2, 0.25) is 0 Å². The van der Waals surface area contributed by atoms with Crippen LogP contribution in [-0.2, 0) is 6.42 Å². The third-order valence-electron chi connectivity index (χ3n) is 3.11. The van der Waals surface area contributed by atoms with Crippen LogP contribution in [0.15, 0.2) is 0 Å². The van der Waals surface area contributed by atoms with Crippen LogP contribution in [0, 0.1) is 24.2 Å². The Morgan fingerprint density at radius 2 is 2.05 bits per heavy atom. The summed E-state index contributed by atoms with van der Waals surface area (Å²) in [6.07, 6.45) is 1.89. The van der Waals surface area contributed by atoms with Gasteiger partial charge < -0.3 is 10.2 Å². The normalized spacial score (nSPS) is 11.8. The number of aromatic nitrogens is 2. The zero-order valence-corrected chi connectivity index (χ0v) is 13.2. The van der Waals surface area contributed by atoms with Crippen LogP contribution in [0.25, 0.3) is 0 Å². The van der Waals surface area contributed by atoms with E-state index in [1.165, 1.54) is 0 Å². The van der Waals surface area contributed by atoms with Gasteiger partial charge in [-0.25, -0.2) is 9.97 Å². The van der Waals surface area contributed by atoms with Gasteiger partial charge in [0, 0.05) is 32.1 Å². The highest BCUT2D eigenvalue weighted by atomic mass is 15.2. The third-order valence-corrected chi connectivity index (χ3v) is 3.11. The molecule has 20 heavy (non-hydrogen) atoms. The molecule has 110 valence electrons. The first kappa shape index (κ1) is 16.2. The molecular weight excluding hydrogens is 250 g/mol. The highest BCUT2D eigenvalue weighted by Crippen LogP contribution is 2.23. The van der Waals surface area contributed by atoms with Crippen LogP contribution in [-0.4, -0.2) is 30.1 Å². The van der Waals surface area contributed by atoms with Gasteiger partial charge in [-0.3, -0.25) is 0 Å². The molecule has 1 rings (SSSR count). The minimum Gasteiger partial charge on any atom is -0.370 e. The summed E-state index contributed by atoms with van der Waals surface area (Å²) in [5.41, 5.74) is 1.04. The lowest BCUT2D eigenvalue weighted by molar-refractivity contribution is 0.702. The number of aryl methyl sites for hydroxylation is 1. The van der Waals surface area contributed by atoms with Crippen LogP contribution in [0.5, 0.6) is 0 Å². The van der Waals surface area contributed by atoms with Crippen LogP contribution >= 0.6 is 0 Å². The topological polar surface area (TPSA) is 64.8 Å². The Labute approximate surface area is 122 Å². The summed E-state index contributed by atoms with van der Waals surface area (Å²) in [7, 11) is 1.98. The maximum atomic E-state index is 8.96. The zero-order valence-electron chi connectivity index (χ0n) is 13.2. The molecule has 0 aromatic carbocycles. The monoisotopic (exact) mass is 275 g/mol. The summed E-state index contributed by atoms with van der Waals surface area (Å²) in [6.45, 7) is 9.63. The molecular formula is C15H25N5. The van der Waals surface area contributed by atoms with E-state index >= 15 is 0 Å². The van der Waals surface area contributed by atoms with Crippen LogP contribution < -0.4 is 10.2 Å². The fourth-order valence-corrected chi connectivity index (χ4v) is 2.13. The van der Waals surface area contributed by atoms with Gasteiger partial charge in [-0.15, -0.1) is 0 Å². The van der Waals surface area contributed by atoms with E-state index in [9.17, 15) is 0 Å². The predicted molar refractivity (Wildman–Crippen MR) is 83.0 cm³/mol. The number of hydrogen-bond acceptors (Lipinski definition) is 5. The van der Waals surface area contributed by atoms with Crippen molar-refractivity contribution < 1.29 is 0 Å². The van der Waals surface area contributed by atoms with Gasteiger partial charge in [-0.1, -0.05) is 6.92 Å². The third kappa shape index (κ3) is 4.09. The average Bonchev–Trinajstić information content (AvgIpc) is 2.42. The first-order chi connectivity index (χ1) is 9.53. The predicted octanol–water partition coefficient (Wildman–Crippen LogP) is 2.77. The molecule has 0 bridgehead atoms. The molecule has 1 atom stereocenters. The molecule has 0 radical (unpaired) electrons. The second-order valence-electron chi connectivity index (χ2n) is 5.13. The van der Waals surface area contributed by atoms with Crippen LogP contribution in [0.3, 0.4) is 0 Å². The fourth-order valence-electron chi connectivity index (χ4n) is 2.13. The fraction of sp³-hybridized carbons (Fsp3) is 0.667. The van der Waals surface area contributed by atoms with Gasteiger partial charge in [0.05, 0.1) is 12.0 Å². The van der Waals surface area contributed by atoms with Gasteiger partial charge in [0.25, 0.3) is 0 Å². The Hall–Kier alpha value is -1.83. The number of anilines is 2. The molecule has 0 aliphatic rings. The van der Waals surface area contributed by atoms with E-state index in [1.807, 2.05) is 25.8 Å². The number of nitrogens with one attached hydrogen (secondary N) is 1. The first-order valence-corrected chi connectivity index (χ1v) is 7.25. The number of hydrogen-bond donors (Lipinski definition) is 1. The summed E-state index contributed by atoms with van der Waals surface area (Å²) >= 11 is 0. The Balaban J connectivity index is 3.12. The van der Waals surface area contributed by atoms with Gasteiger partial charge >= 0.3 is 0 Å². The molecule has 5 heteroatoms. The van der Waals surface area contributed by atoms with Crippen LogP contribution in [0.1, 0.15) is 38.6 Å². The standard InChI is InChI=1S/C15H25N5/c1-6-8-13-18-14(17-7-2)12(4)15(19-13)20(5)10-11(3)9-16/h11H,6-8,10H2,1-5H3,(H,17,18,19). The molecule has 0 spiro atoms. The zero-order chi connectivity index (χ0) is 15.1. The van der Waals surface area contributed by atoms with Crippen molar-refractivity contribution in [1.82, 2.24) is 9.97 Å². The molecule has 1 aromatic rings. The van der Waals surface area contributed by atoms with Gasteiger partial charge in [0.15, 0.2) is 0 Å². The molecule has 1 heterocycles. The second kappa shape index (κ2) is 7.68. The summed E-state index contributed by atoms with van der Waals surface area (Å²) in [5, 5.41) is 12.3. The minimum absolute atomic E-state index is 0.0217. The lowest BCUT2D eigenvalue weighted by Crippen LogP contribution is -2.26. The highest BCUT2D eigenvalue weighted by molar-refractivity contribution is 5.58. The van der Waals surface area contributed by atoms with Crippen molar-refractivity contribution in [3.63, 3.8) is 0 Å². The quantitative estimate of drug-likeness (QED) is 0.829. The number of rotatable bonds is 7. The van der Waals surface area contributed by atoms with Crippen molar-refractivity contribution in [1.29, 1.82) is 5.26 Å². The molecule has 0 amide bonds. The van der Waals surface area contributed by atoms with Gasteiger partial charge in [-0.2, -0.15) is 5.26 Å². The molecule has 0 saturated carbocycles. The Bertz CT molecular complexity index is 478. The van der Waals surface area contributed by atoms with Crippen LogP contribution in [0.2, 0.25) is 0 Å². The van der Waals surface area contributed by atoms with Gasteiger partial charge in [0.1, 0.15) is 17.5 Å². The number of nitrogens with zero attached hydrogens (tertiary/aromatic N) is 4. The van der Waals surface area contributed by atoms with E-state index in [-0.39, 0.29) is 5.92 Å². The molecule has 0 saturated heterocycles. The summed E-state index contributed by atoms with van der Waals surface area (Å²) in [6, 6.07) is 2.26. The lowest BCUT2D eigenvalue weighted by atomic mass is 10.2. The highest BCUT2D eigenvalue weighted by Gasteiger charge is 2.15. The van der Waals surface area contributed by atoms with Crippen molar-refractivity contribution >= 4 is 11.6 Å². The lowest BCUT2D eigenvalue weighted by Gasteiger charge is -2.23. The summed E-state index contributed by atoms with van der Waals surface area (Å²) in [5.74, 6) is 2.66. The van der Waals surface area contributed by atoms with Gasteiger partial charge in [-0.05, 0) is 27.2 Å². The molecule has 0 aliphatic heterocycles. The molecule has 1 N–H and O–H groups in total. The maximum Gasteiger partial charge on any atom is 0.137 e.